The first-order valence-electron chi connectivity index (χ1n) is 2.00. The first-order chi connectivity index (χ1) is 2.00. The molecule has 0 radical (unpaired) electrons. The Hall–Kier alpha value is 0.350. The highest BCUT2D eigenvalue weighted by Gasteiger charge is 0.934. The summed E-state index contributed by atoms with van der Waals surface area (Å²) >= 11 is 0. The molecule has 0 saturated carbocycles. The van der Waals surface area contributed by atoms with Crippen LogP contribution in [-0.4, -0.2) is 0 Å². The predicted molar refractivity (Wildman–Crippen MR) is 33.1 cm³/mol. The fourth-order valence-corrected chi connectivity index (χ4v) is 0. The van der Waals surface area contributed by atoms with E-state index in [1.54, 1.807) is 0 Å². The van der Waals surface area contributed by atoms with Gasteiger partial charge < -0.3 is 0 Å². The van der Waals surface area contributed by atoms with Gasteiger partial charge in [-0.05, 0) is 0 Å². The van der Waals surface area contributed by atoms with Gasteiger partial charge in [-0.1, -0.05) is 27.7 Å². The molecule has 0 aliphatic heterocycles. The van der Waals surface area contributed by atoms with Gasteiger partial charge in [-0.15, -0.1) is 0 Å². The van der Waals surface area contributed by atoms with Gasteiger partial charge in [0.25, 0.3) is 0 Å². The summed E-state index contributed by atoms with van der Waals surface area (Å²) in [5.74, 6) is 0. The van der Waals surface area contributed by atoms with Crippen LogP contribution in [0, 0.1) is 0 Å². The molecule has 0 nitrogen and oxygen atoms in total. The Bertz CT molecular complexity index is 3.61. The summed E-state index contributed by atoms with van der Waals surface area (Å²) < 4.78 is 0. The largest absolute Gasteiger partial charge is 0.197 e. The van der Waals surface area contributed by atoms with Crippen LogP contribution in [0.3, 0.4) is 0 Å². The topological polar surface area (TPSA) is 0 Å². The van der Waals surface area contributed by atoms with Crippen molar-refractivity contribution in [3.8, 4) is 0 Å². The van der Waals surface area contributed by atoms with Gasteiger partial charge in [0.05, 0.1) is 0 Å². The van der Waals surface area contributed by atoms with Gasteiger partial charge in [-0.25, -0.2) is 0 Å². The van der Waals surface area contributed by atoms with Gasteiger partial charge in [0, 0.05) is 0 Å². The predicted octanol–water partition coefficient (Wildman–Crippen LogP) is 2.17. The Morgan fingerprint density at radius 2 is 0.600 bits per heavy atom. The normalized spacial score (nSPS) is 2.40. The van der Waals surface area contributed by atoms with Crippen molar-refractivity contribution < 1.29 is 0 Å². The van der Waals surface area contributed by atoms with Crippen molar-refractivity contribution in [3.63, 3.8) is 0 Å². The lowest BCUT2D eigenvalue weighted by Crippen LogP contribution is -0.856. The van der Waals surface area contributed by atoms with Crippen molar-refractivity contribution in [2.75, 3.05) is 0 Å². The van der Waals surface area contributed by atoms with E-state index in [0.29, 0.717) is 0 Å². The van der Waals surface area contributed by atoms with Crippen LogP contribution in [0.15, 0.2) is 0 Å². The molecule has 0 spiro atoms. The standard InChI is InChI=1S/2C2H6.H2S/c2*1-2;/h2*1-2H3;1H2. The van der Waals surface area contributed by atoms with E-state index in [9.17, 15) is 0 Å². The Balaban J connectivity index is -0.0000000133. The molecule has 0 atom stereocenters. The molecule has 0 amide bonds. The lowest BCUT2D eigenvalue weighted by atomic mass is 11.0. The first kappa shape index (κ1) is 18.3. The van der Waals surface area contributed by atoms with Crippen LogP contribution < -0.4 is 0 Å². The van der Waals surface area contributed by atoms with Crippen molar-refractivity contribution >= 4 is 13.5 Å². The van der Waals surface area contributed by atoms with E-state index in [2.05, 4.69) is 0 Å². The van der Waals surface area contributed by atoms with Crippen molar-refractivity contribution in [3.05, 3.63) is 0 Å². The lowest BCUT2D eigenvalue weighted by molar-refractivity contribution is 1.50. The van der Waals surface area contributed by atoms with E-state index >= 15 is 0 Å². The molecule has 5 heavy (non-hydrogen) atoms. The van der Waals surface area contributed by atoms with Gasteiger partial charge >= 0.3 is 0 Å². The smallest absolute Gasteiger partial charge is 0.0683 e. The molecule has 0 aliphatic carbocycles. The molecule has 0 aromatic rings. The molecular formula is C4H14S. The van der Waals surface area contributed by atoms with Crippen molar-refractivity contribution in [1.82, 2.24) is 0 Å². The highest BCUT2D eigenvalue weighted by molar-refractivity contribution is 7.59. The van der Waals surface area contributed by atoms with Crippen molar-refractivity contribution in [1.29, 1.82) is 0 Å². The number of hydrogen-bond acceptors (Lipinski definition) is 0. The van der Waals surface area contributed by atoms with E-state index in [4.69, 9.17) is 0 Å². The summed E-state index contributed by atoms with van der Waals surface area (Å²) in [4.78, 5) is 0. The molecule has 0 bridgehead atoms. The van der Waals surface area contributed by atoms with Crippen LogP contribution in [0.25, 0.3) is 0 Å². The second-order valence-corrected chi connectivity index (χ2v) is 0. The van der Waals surface area contributed by atoms with E-state index in [-0.39, 0.29) is 13.5 Å². The zero-order valence-electron chi connectivity index (χ0n) is 4.50. The molecule has 0 aliphatic rings. The zero-order valence-corrected chi connectivity index (χ0v) is 5.50. The highest BCUT2D eigenvalue weighted by Crippen LogP contribution is 1.15. The molecule has 0 unspecified atom stereocenters. The number of rotatable bonds is 0. The molecule has 1 heteroatoms. The van der Waals surface area contributed by atoms with Crippen LogP contribution in [-0.2, 0) is 0 Å². The first-order valence-corrected chi connectivity index (χ1v) is 2.00. The summed E-state index contributed by atoms with van der Waals surface area (Å²) in [7, 11) is 0. The van der Waals surface area contributed by atoms with E-state index in [1.807, 2.05) is 27.7 Å². The van der Waals surface area contributed by atoms with Gasteiger partial charge in [0.2, 0.25) is 0 Å². The van der Waals surface area contributed by atoms with E-state index in [0.717, 1.165) is 0 Å². The average Bonchev–Trinajstić information content (AvgIpc) is 1.50. The summed E-state index contributed by atoms with van der Waals surface area (Å²) in [6.07, 6.45) is 0. The third-order valence-corrected chi connectivity index (χ3v) is 0. The maximum Gasteiger partial charge on any atom is -0.0683 e. The van der Waals surface area contributed by atoms with E-state index < -0.39 is 0 Å². The van der Waals surface area contributed by atoms with Gasteiger partial charge in [-0.3, -0.25) is 0 Å². The minimum absolute atomic E-state index is 0. The van der Waals surface area contributed by atoms with Gasteiger partial charge in [0.15, 0.2) is 0 Å². The molecule has 0 aromatic carbocycles. The Morgan fingerprint density at radius 1 is 0.600 bits per heavy atom. The van der Waals surface area contributed by atoms with Crippen LogP contribution >= 0.6 is 13.5 Å². The second-order valence-electron chi connectivity index (χ2n) is 0. The summed E-state index contributed by atoms with van der Waals surface area (Å²) in [5.41, 5.74) is 0. The van der Waals surface area contributed by atoms with Crippen molar-refractivity contribution in [2.45, 2.75) is 27.7 Å². The molecule has 36 valence electrons. The molecule has 0 fully saturated rings. The SMILES string of the molecule is CC.CC.S. The molecule has 0 aromatic heterocycles. The number of hydrogen-bond donors (Lipinski definition) is 0. The van der Waals surface area contributed by atoms with Crippen LogP contribution in [0.2, 0.25) is 0 Å². The molecule has 0 heterocycles. The summed E-state index contributed by atoms with van der Waals surface area (Å²) in [5, 5.41) is 0. The molecule has 0 saturated heterocycles. The summed E-state index contributed by atoms with van der Waals surface area (Å²) in [6, 6.07) is 0. The van der Waals surface area contributed by atoms with Crippen LogP contribution in [0.1, 0.15) is 27.7 Å². The Labute approximate surface area is 42.0 Å². The third-order valence-electron chi connectivity index (χ3n) is 0. The third kappa shape index (κ3) is 196. The van der Waals surface area contributed by atoms with Crippen LogP contribution in [0.4, 0.5) is 0 Å². The Morgan fingerprint density at radius 3 is 0.600 bits per heavy atom. The lowest BCUT2D eigenvalue weighted by Gasteiger charge is -1.07. The van der Waals surface area contributed by atoms with Gasteiger partial charge in [-0.2, -0.15) is 13.5 Å². The minimum atomic E-state index is 0. The van der Waals surface area contributed by atoms with E-state index in [1.165, 1.54) is 0 Å². The fraction of sp³-hybridized carbons (Fsp3) is 1.00. The fourth-order valence-electron chi connectivity index (χ4n) is 0. The maximum absolute atomic E-state index is 2.00. The Kier molecular flexibility index (Phi) is 1460. The summed E-state index contributed by atoms with van der Waals surface area (Å²) in [6.45, 7) is 8.00. The molecule has 0 rings (SSSR count). The highest BCUT2D eigenvalue weighted by atomic mass is 32.1. The zero-order chi connectivity index (χ0) is 4.00. The van der Waals surface area contributed by atoms with Gasteiger partial charge in [0.1, 0.15) is 0 Å². The quantitative estimate of drug-likeness (QED) is 0.431. The maximum atomic E-state index is 2.00. The van der Waals surface area contributed by atoms with Crippen LogP contribution in [0.5, 0.6) is 0 Å². The monoisotopic (exact) mass is 94.1 g/mol. The molecular weight excluding hydrogens is 80.1 g/mol. The second kappa shape index (κ2) is 399. The van der Waals surface area contributed by atoms with Crippen molar-refractivity contribution in [2.24, 2.45) is 0 Å². The average molecular weight is 94.2 g/mol. The molecule has 0 N–H and O–H groups in total. The minimum Gasteiger partial charge on any atom is -0.197 e.